The molecule has 144 valence electrons. The van der Waals surface area contributed by atoms with Crippen molar-refractivity contribution in [3.8, 4) is 17.1 Å². The second-order valence-corrected chi connectivity index (χ2v) is 6.70. The maximum absolute atomic E-state index is 13.2. The molecule has 0 saturated heterocycles. The van der Waals surface area contributed by atoms with E-state index in [-0.39, 0.29) is 11.5 Å². The average molecular weight is 400 g/mol. The van der Waals surface area contributed by atoms with Gasteiger partial charge in [-0.05, 0) is 30.3 Å². The van der Waals surface area contributed by atoms with Gasteiger partial charge in [0.2, 0.25) is 0 Å². The molecule has 0 aliphatic heterocycles. The van der Waals surface area contributed by atoms with Crippen LogP contribution in [0.25, 0.3) is 11.4 Å². The fourth-order valence-electron chi connectivity index (χ4n) is 2.64. The van der Waals surface area contributed by atoms with Crippen molar-refractivity contribution in [3.05, 3.63) is 76.6 Å². The van der Waals surface area contributed by atoms with Crippen molar-refractivity contribution in [2.45, 2.75) is 17.5 Å². The lowest BCUT2D eigenvalue weighted by Crippen LogP contribution is -2.01. The number of allylic oxidation sites excluding steroid dienone is 1. The first-order valence-electron chi connectivity index (χ1n) is 8.27. The van der Waals surface area contributed by atoms with E-state index in [1.165, 1.54) is 43.1 Å². The van der Waals surface area contributed by atoms with Gasteiger partial charge in [0.1, 0.15) is 11.6 Å². The zero-order chi connectivity index (χ0) is 20.1. The molecule has 3 rings (SSSR count). The van der Waals surface area contributed by atoms with Gasteiger partial charge >= 0.3 is 0 Å². The Morgan fingerprint density at radius 1 is 1.29 bits per heavy atom. The quantitative estimate of drug-likeness (QED) is 0.240. The van der Waals surface area contributed by atoms with Crippen LogP contribution in [0.5, 0.6) is 5.75 Å². The van der Waals surface area contributed by atoms with E-state index in [1.54, 1.807) is 24.3 Å². The lowest BCUT2D eigenvalue weighted by atomic mass is 10.2. The summed E-state index contributed by atoms with van der Waals surface area (Å²) in [5.41, 5.74) is 1.41. The molecule has 0 amide bonds. The summed E-state index contributed by atoms with van der Waals surface area (Å²) in [5.74, 6) is 1.23. The van der Waals surface area contributed by atoms with E-state index in [1.807, 2.05) is 4.57 Å². The first-order chi connectivity index (χ1) is 13.5. The zero-order valence-corrected chi connectivity index (χ0v) is 15.9. The van der Waals surface area contributed by atoms with Crippen molar-refractivity contribution in [2.24, 2.45) is 0 Å². The number of halogens is 1. The van der Waals surface area contributed by atoms with Gasteiger partial charge in [0.05, 0.1) is 12.0 Å². The summed E-state index contributed by atoms with van der Waals surface area (Å²) in [7, 11) is 1.52. The van der Waals surface area contributed by atoms with Crippen LogP contribution in [0.2, 0.25) is 0 Å². The van der Waals surface area contributed by atoms with Gasteiger partial charge in [0, 0.05) is 35.6 Å². The number of ether oxygens (including phenoxy) is 1. The summed E-state index contributed by atoms with van der Waals surface area (Å²) in [6.07, 6.45) is 1.72. The number of nitro benzene ring substituents is 1. The Hall–Kier alpha value is -3.20. The molecule has 0 bridgehead atoms. The molecule has 0 fully saturated rings. The molecule has 2 aromatic carbocycles. The topological polar surface area (TPSA) is 83.1 Å². The lowest BCUT2D eigenvalue weighted by molar-refractivity contribution is -0.384. The number of rotatable bonds is 8. The van der Waals surface area contributed by atoms with Gasteiger partial charge in [-0.15, -0.1) is 16.8 Å². The van der Waals surface area contributed by atoms with Crippen LogP contribution in [-0.4, -0.2) is 26.8 Å². The number of methoxy groups -OCH3 is 1. The van der Waals surface area contributed by atoms with Crippen LogP contribution >= 0.6 is 11.8 Å². The number of thioether (sulfide) groups is 1. The van der Waals surface area contributed by atoms with Crippen molar-refractivity contribution in [1.29, 1.82) is 0 Å². The molecule has 0 radical (unpaired) electrons. The number of nitro groups is 1. The SMILES string of the molecule is C=CCn1c(SCc2cc([N+](=O)[O-])ccc2OC)nnc1-c1ccc(F)cc1. The summed E-state index contributed by atoms with van der Waals surface area (Å²) in [6.45, 7) is 4.23. The minimum absolute atomic E-state index is 0.00374. The Morgan fingerprint density at radius 2 is 2.04 bits per heavy atom. The molecule has 3 aromatic rings. The lowest BCUT2D eigenvalue weighted by Gasteiger charge is -2.10. The fourth-order valence-corrected chi connectivity index (χ4v) is 3.56. The molecule has 0 spiro atoms. The summed E-state index contributed by atoms with van der Waals surface area (Å²) >= 11 is 1.37. The van der Waals surface area contributed by atoms with Gasteiger partial charge in [-0.1, -0.05) is 17.8 Å². The van der Waals surface area contributed by atoms with E-state index < -0.39 is 4.92 Å². The Labute approximate surface area is 165 Å². The molecule has 0 unspecified atom stereocenters. The van der Waals surface area contributed by atoms with Crippen LogP contribution < -0.4 is 4.74 Å². The van der Waals surface area contributed by atoms with E-state index in [0.29, 0.717) is 34.6 Å². The Kier molecular flexibility index (Phi) is 6.05. The van der Waals surface area contributed by atoms with Crippen molar-refractivity contribution < 1.29 is 14.1 Å². The third-order valence-electron chi connectivity index (χ3n) is 3.96. The van der Waals surface area contributed by atoms with E-state index in [4.69, 9.17) is 4.74 Å². The highest BCUT2D eigenvalue weighted by Gasteiger charge is 2.16. The van der Waals surface area contributed by atoms with Gasteiger partial charge in [0.25, 0.3) is 5.69 Å². The molecular formula is C19H17FN4O3S. The Bertz CT molecular complexity index is 1000. The smallest absolute Gasteiger partial charge is 0.270 e. The van der Waals surface area contributed by atoms with E-state index >= 15 is 0 Å². The van der Waals surface area contributed by atoms with Crippen LogP contribution in [0.3, 0.4) is 0 Å². The van der Waals surface area contributed by atoms with Gasteiger partial charge in [-0.25, -0.2) is 4.39 Å². The molecule has 0 saturated carbocycles. The highest BCUT2D eigenvalue weighted by Crippen LogP contribution is 2.31. The van der Waals surface area contributed by atoms with Gasteiger partial charge in [-0.2, -0.15) is 0 Å². The number of nitrogens with zero attached hydrogens (tertiary/aromatic N) is 4. The fraction of sp³-hybridized carbons (Fsp3) is 0.158. The second-order valence-electron chi connectivity index (χ2n) is 5.75. The minimum Gasteiger partial charge on any atom is -0.496 e. The second kappa shape index (κ2) is 8.66. The number of non-ortho nitro benzene ring substituents is 1. The molecule has 7 nitrogen and oxygen atoms in total. The van der Waals surface area contributed by atoms with Crippen molar-refractivity contribution in [3.63, 3.8) is 0 Å². The standard InChI is InChI=1S/C19H17FN4O3S/c1-3-10-23-18(13-4-6-15(20)7-5-13)21-22-19(23)28-12-14-11-16(24(25)26)8-9-17(14)27-2/h3-9,11H,1,10,12H2,2H3. The highest BCUT2D eigenvalue weighted by atomic mass is 32.2. The zero-order valence-electron chi connectivity index (χ0n) is 15.0. The van der Waals surface area contributed by atoms with Crippen LogP contribution in [0.15, 0.2) is 60.3 Å². The van der Waals surface area contributed by atoms with Gasteiger partial charge in [-0.3, -0.25) is 14.7 Å². The molecule has 28 heavy (non-hydrogen) atoms. The molecule has 9 heteroatoms. The third-order valence-corrected chi connectivity index (χ3v) is 4.98. The monoisotopic (exact) mass is 400 g/mol. The molecule has 1 aromatic heterocycles. The number of hydrogen-bond acceptors (Lipinski definition) is 6. The maximum Gasteiger partial charge on any atom is 0.270 e. The summed E-state index contributed by atoms with van der Waals surface area (Å²) < 4.78 is 20.4. The molecule has 0 aliphatic carbocycles. The van der Waals surface area contributed by atoms with Crippen LogP contribution in [0.4, 0.5) is 10.1 Å². The van der Waals surface area contributed by atoms with Gasteiger partial charge < -0.3 is 4.74 Å². The Morgan fingerprint density at radius 3 is 2.68 bits per heavy atom. The number of benzene rings is 2. The number of aromatic nitrogens is 3. The maximum atomic E-state index is 13.2. The minimum atomic E-state index is -0.444. The highest BCUT2D eigenvalue weighted by molar-refractivity contribution is 7.98. The number of hydrogen-bond donors (Lipinski definition) is 0. The van der Waals surface area contributed by atoms with Crippen molar-refractivity contribution in [2.75, 3.05) is 7.11 Å². The third kappa shape index (κ3) is 4.20. The van der Waals surface area contributed by atoms with Crippen LogP contribution in [0, 0.1) is 15.9 Å². The predicted octanol–water partition coefficient (Wildman–Crippen LogP) is 4.48. The summed E-state index contributed by atoms with van der Waals surface area (Å²) in [6, 6.07) is 10.5. The largest absolute Gasteiger partial charge is 0.496 e. The molecule has 0 N–H and O–H groups in total. The van der Waals surface area contributed by atoms with Crippen LogP contribution in [0.1, 0.15) is 5.56 Å². The molecule has 0 aliphatic rings. The summed E-state index contributed by atoms with van der Waals surface area (Å²) in [4.78, 5) is 10.6. The average Bonchev–Trinajstić information content (AvgIpc) is 3.09. The predicted molar refractivity (Wildman–Crippen MR) is 105 cm³/mol. The Balaban J connectivity index is 1.89. The molecule has 0 atom stereocenters. The first kappa shape index (κ1) is 19.6. The van der Waals surface area contributed by atoms with Crippen molar-refractivity contribution >= 4 is 17.4 Å². The van der Waals surface area contributed by atoms with E-state index in [9.17, 15) is 14.5 Å². The molecular weight excluding hydrogens is 383 g/mol. The van der Waals surface area contributed by atoms with Gasteiger partial charge in [0.15, 0.2) is 11.0 Å². The summed E-state index contributed by atoms with van der Waals surface area (Å²) in [5, 5.41) is 20.1. The van der Waals surface area contributed by atoms with E-state index in [2.05, 4.69) is 16.8 Å². The molecule has 1 heterocycles. The normalized spacial score (nSPS) is 10.6. The van der Waals surface area contributed by atoms with Crippen LogP contribution in [-0.2, 0) is 12.3 Å². The van der Waals surface area contributed by atoms with Crippen molar-refractivity contribution in [1.82, 2.24) is 14.8 Å². The first-order valence-corrected chi connectivity index (χ1v) is 9.26. The van der Waals surface area contributed by atoms with E-state index in [0.717, 1.165) is 5.56 Å².